The number of hydrogen-bond donors (Lipinski definition) is 2. The maximum Gasteiger partial charge on any atom is 0.220 e. The van der Waals surface area contributed by atoms with Gasteiger partial charge in [-0.25, -0.2) is 0 Å². The molecule has 138 valence electrons. The topological polar surface area (TPSA) is 79.3 Å². The largest absolute Gasteiger partial charge is 0.352 e. The van der Waals surface area contributed by atoms with Crippen molar-refractivity contribution in [3.8, 4) is 0 Å². The van der Waals surface area contributed by atoms with Gasteiger partial charge < -0.3 is 15.5 Å². The van der Waals surface area contributed by atoms with Crippen LogP contribution < -0.4 is 10.6 Å². The van der Waals surface area contributed by atoms with Gasteiger partial charge >= 0.3 is 0 Å². The maximum absolute atomic E-state index is 12.1. The highest BCUT2D eigenvalue weighted by molar-refractivity contribution is 5.76. The van der Waals surface area contributed by atoms with Crippen LogP contribution in [0.2, 0.25) is 0 Å². The predicted octanol–water partition coefficient (Wildman–Crippen LogP) is 0.911. The van der Waals surface area contributed by atoms with Crippen LogP contribution in [0, 0.1) is 0 Å². The molecule has 2 atom stereocenters. The standard InChI is InChI=1S/C18H29N5O2/c1-14(24)22-12-7-15(8-13-22)20-16-5-6-17(16)21-18(25)4-2-10-23-11-3-9-19-23/h3,9,11,15-17,20H,2,4-8,10,12-13H2,1H3,(H,21,25)/t16-,17+/m1/s1. The Bertz CT molecular complexity index is 566. The third-order valence-corrected chi connectivity index (χ3v) is 5.36. The summed E-state index contributed by atoms with van der Waals surface area (Å²) in [5, 5.41) is 11.0. The Morgan fingerprint density at radius 2 is 1.92 bits per heavy atom. The molecule has 1 aliphatic heterocycles. The Kier molecular flexibility index (Phi) is 6.07. The van der Waals surface area contributed by atoms with E-state index in [1.807, 2.05) is 21.8 Å². The molecule has 1 saturated carbocycles. The number of carbonyl (C=O) groups excluding carboxylic acids is 2. The van der Waals surface area contributed by atoms with Crippen molar-refractivity contribution in [2.24, 2.45) is 0 Å². The van der Waals surface area contributed by atoms with Crippen LogP contribution in [0.3, 0.4) is 0 Å². The molecule has 2 fully saturated rings. The van der Waals surface area contributed by atoms with E-state index in [2.05, 4.69) is 15.7 Å². The van der Waals surface area contributed by atoms with Crippen molar-refractivity contribution >= 4 is 11.8 Å². The van der Waals surface area contributed by atoms with Crippen molar-refractivity contribution in [2.75, 3.05) is 13.1 Å². The number of amides is 2. The molecular weight excluding hydrogens is 318 g/mol. The summed E-state index contributed by atoms with van der Waals surface area (Å²) in [6.45, 7) is 4.09. The first-order valence-corrected chi connectivity index (χ1v) is 9.40. The molecule has 0 spiro atoms. The number of hydrogen-bond acceptors (Lipinski definition) is 4. The number of rotatable bonds is 7. The summed E-state index contributed by atoms with van der Waals surface area (Å²) in [6.07, 6.45) is 9.19. The Hall–Kier alpha value is -1.89. The van der Waals surface area contributed by atoms with Crippen LogP contribution in [0.4, 0.5) is 0 Å². The highest BCUT2D eigenvalue weighted by Crippen LogP contribution is 2.23. The quantitative estimate of drug-likeness (QED) is 0.768. The zero-order valence-corrected chi connectivity index (χ0v) is 15.0. The van der Waals surface area contributed by atoms with E-state index in [1.54, 1.807) is 13.1 Å². The Labute approximate surface area is 149 Å². The number of carbonyl (C=O) groups is 2. The van der Waals surface area contributed by atoms with Crippen molar-refractivity contribution in [1.29, 1.82) is 0 Å². The van der Waals surface area contributed by atoms with Gasteiger partial charge in [-0.15, -0.1) is 0 Å². The second-order valence-corrected chi connectivity index (χ2v) is 7.18. The minimum atomic E-state index is 0.134. The van der Waals surface area contributed by atoms with Crippen molar-refractivity contribution in [2.45, 2.75) is 70.1 Å². The maximum atomic E-state index is 12.1. The highest BCUT2D eigenvalue weighted by atomic mass is 16.2. The fraction of sp³-hybridized carbons (Fsp3) is 0.722. The summed E-state index contributed by atoms with van der Waals surface area (Å²) >= 11 is 0. The van der Waals surface area contributed by atoms with Crippen LogP contribution in [0.1, 0.15) is 45.4 Å². The van der Waals surface area contributed by atoms with E-state index in [1.165, 1.54) is 0 Å². The van der Waals surface area contributed by atoms with Crippen molar-refractivity contribution < 1.29 is 9.59 Å². The molecule has 1 aliphatic carbocycles. The fourth-order valence-electron chi connectivity index (χ4n) is 3.65. The molecular formula is C18H29N5O2. The van der Waals surface area contributed by atoms with Gasteiger partial charge in [0.1, 0.15) is 0 Å². The van der Waals surface area contributed by atoms with Crippen molar-refractivity contribution in [3.05, 3.63) is 18.5 Å². The lowest BCUT2D eigenvalue weighted by Crippen LogP contribution is -2.60. The minimum absolute atomic E-state index is 0.134. The molecule has 0 aromatic carbocycles. The third kappa shape index (κ3) is 5.04. The summed E-state index contributed by atoms with van der Waals surface area (Å²) in [5.41, 5.74) is 0. The van der Waals surface area contributed by atoms with Gasteiger partial charge in [0.25, 0.3) is 0 Å². The lowest BCUT2D eigenvalue weighted by Gasteiger charge is -2.42. The Morgan fingerprint density at radius 1 is 1.16 bits per heavy atom. The first-order valence-electron chi connectivity index (χ1n) is 9.40. The second-order valence-electron chi connectivity index (χ2n) is 7.18. The molecule has 2 aliphatic rings. The minimum Gasteiger partial charge on any atom is -0.352 e. The third-order valence-electron chi connectivity index (χ3n) is 5.36. The van der Waals surface area contributed by atoms with Crippen LogP contribution in [-0.2, 0) is 16.1 Å². The smallest absolute Gasteiger partial charge is 0.220 e. The number of piperidine rings is 1. The molecule has 2 N–H and O–H groups in total. The summed E-state index contributed by atoms with van der Waals surface area (Å²) < 4.78 is 1.86. The lowest BCUT2D eigenvalue weighted by atomic mass is 9.85. The molecule has 1 saturated heterocycles. The first-order chi connectivity index (χ1) is 12.1. The molecule has 7 nitrogen and oxygen atoms in total. The van der Waals surface area contributed by atoms with Gasteiger partial charge in [-0.1, -0.05) is 0 Å². The van der Waals surface area contributed by atoms with Gasteiger partial charge in [-0.3, -0.25) is 14.3 Å². The SMILES string of the molecule is CC(=O)N1CCC(N[C@@H]2CC[C@@H]2NC(=O)CCCn2cccn2)CC1. The molecule has 1 aromatic heterocycles. The molecule has 0 unspecified atom stereocenters. The molecule has 2 amide bonds. The van der Waals surface area contributed by atoms with E-state index in [4.69, 9.17) is 0 Å². The van der Waals surface area contributed by atoms with Gasteiger partial charge in [-0.2, -0.15) is 5.10 Å². The molecule has 1 aromatic rings. The van der Waals surface area contributed by atoms with E-state index in [9.17, 15) is 9.59 Å². The average molecular weight is 347 g/mol. The second kappa shape index (κ2) is 8.47. The van der Waals surface area contributed by atoms with Crippen molar-refractivity contribution in [1.82, 2.24) is 25.3 Å². The summed E-state index contributed by atoms with van der Waals surface area (Å²) in [6, 6.07) is 2.98. The number of nitrogens with zero attached hydrogens (tertiary/aromatic N) is 3. The monoisotopic (exact) mass is 347 g/mol. The Balaban J connectivity index is 1.32. The normalized spacial score (nSPS) is 24.0. The van der Waals surface area contributed by atoms with E-state index >= 15 is 0 Å². The van der Waals surface area contributed by atoms with Crippen LogP contribution >= 0.6 is 0 Å². The van der Waals surface area contributed by atoms with E-state index in [0.717, 1.165) is 51.7 Å². The van der Waals surface area contributed by atoms with E-state index in [-0.39, 0.29) is 17.9 Å². The number of likely N-dealkylation sites (tertiary alicyclic amines) is 1. The van der Waals surface area contributed by atoms with Crippen molar-refractivity contribution in [3.63, 3.8) is 0 Å². The molecule has 25 heavy (non-hydrogen) atoms. The van der Waals surface area contributed by atoms with Gasteiger partial charge in [0, 0.05) is 63.5 Å². The first kappa shape index (κ1) is 17.9. The number of nitrogens with one attached hydrogen (secondary N) is 2. The molecule has 2 heterocycles. The predicted molar refractivity (Wildman–Crippen MR) is 94.8 cm³/mol. The zero-order valence-electron chi connectivity index (χ0n) is 15.0. The molecule has 3 rings (SSSR count). The Morgan fingerprint density at radius 3 is 2.52 bits per heavy atom. The molecule has 0 radical (unpaired) electrons. The van der Waals surface area contributed by atoms with Crippen LogP contribution in [0.15, 0.2) is 18.5 Å². The summed E-state index contributed by atoms with van der Waals surface area (Å²) in [4.78, 5) is 25.4. The van der Waals surface area contributed by atoms with Gasteiger partial charge in [0.05, 0.1) is 0 Å². The molecule has 0 bridgehead atoms. The fourth-order valence-corrected chi connectivity index (χ4v) is 3.65. The van der Waals surface area contributed by atoms with Gasteiger partial charge in [0.2, 0.25) is 11.8 Å². The van der Waals surface area contributed by atoms with Gasteiger partial charge in [0.15, 0.2) is 0 Å². The van der Waals surface area contributed by atoms with Gasteiger partial charge in [-0.05, 0) is 38.2 Å². The number of aryl methyl sites for hydroxylation is 1. The van der Waals surface area contributed by atoms with E-state index in [0.29, 0.717) is 18.5 Å². The lowest BCUT2D eigenvalue weighted by molar-refractivity contribution is -0.130. The zero-order chi connectivity index (χ0) is 17.6. The van der Waals surface area contributed by atoms with Crippen LogP contribution in [0.5, 0.6) is 0 Å². The highest BCUT2D eigenvalue weighted by Gasteiger charge is 2.34. The van der Waals surface area contributed by atoms with Crippen LogP contribution in [0.25, 0.3) is 0 Å². The summed E-state index contributed by atoms with van der Waals surface area (Å²) in [5.74, 6) is 0.303. The average Bonchev–Trinajstić information content (AvgIpc) is 3.10. The van der Waals surface area contributed by atoms with E-state index < -0.39 is 0 Å². The molecule has 7 heteroatoms. The summed E-state index contributed by atoms with van der Waals surface area (Å²) in [7, 11) is 0. The number of aromatic nitrogens is 2. The van der Waals surface area contributed by atoms with Crippen LogP contribution in [-0.4, -0.2) is 57.7 Å².